The van der Waals surface area contributed by atoms with Crippen LogP contribution in [-0.4, -0.2) is 47.1 Å². The number of rotatable bonds is 4. The first-order chi connectivity index (χ1) is 20.2. The third-order valence-electron chi connectivity index (χ3n) is 6.90. The summed E-state index contributed by atoms with van der Waals surface area (Å²) in [7, 11) is 0. The molecule has 2 aromatic carbocycles. The Labute approximate surface area is 251 Å². The zero-order valence-corrected chi connectivity index (χ0v) is 24.3. The van der Waals surface area contributed by atoms with Crippen LogP contribution in [0, 0.1) is 0 Å². The molecule has 3 amide bonds. The van der Waals surface area contributed by atoms with E-state index in [1.54, 1.807) is 24.5 Å². The maximum Gasteiger partial charge on any atom is 0.573 e. The first kappa shape index (κ1) is 30.0. The molecule has 0 saturated carbocycles. The number of alkyl halides is 3. The number of hydrogen-bond donors (Lipinski definition) is 2. The van der Waals surface area contributed by atoms with Crippen molar-refractivity contribution in [2.75, 3.05) is 28.6 Å². The van der Waals surface area contributed by atoms with Gasteiger partial charge in [-0.15, -0.1) is 13.2 Å². The number of ether oxygens (including phenoxy) is 2. The molecule has 1 unspecified atom stereocenters. The third-order valence-corrected chi connectivity index (χ3v) is 7.19. The third kappa shape index (κ3) is 6.80. The lowest BCUT2D eigenvalue weighted by Crippen LogP contribution is -2.42. The van der Waals surface area contributed by atoms with E-state index in [1.807, 2.05) is 49.9 Å². The van der Waals surface area contributed by atoms with Crippen LogP contribution in [0.2, 0.25) is 5.15 Å². The van der Waals surface area contributed by atoms with Crippen molar-refractivity contribution in [3.05, 3.63) is 83.8 Å². The van der Waals surface area contributed by atoms with Gasteiger partial charge in [0.25, 0.3) is 0 Å². The van der Waals surface area contributed by atoms with Gasteiger partial charge in [0.1, 0.15) is 16.5 Å². The van der Waals surface area contributed by atoms with E-state index in [0.29, 0.717) is 36.0 Å². The Kier molecular flexibility index (Phi) is 7.91. The van der Waals surface area contributed by atoms with Crippen LogP contribution in [0.3, 0.4) is 0 Å². The second kappa shape index (κ2) is 11.3. The van der Waals surface area contributed by atoms with E-state index in [0.717, 1.165) is 23.4 Å². The Hall–Kier alpha value is -4.45. The fourth-order valence-corrected chi connectivity index (χ4v) is 5.48. The molecule has 1 aromatic heterocycles. The minimum atomic E-state index is -4.81. The summed E-state index contributed by atoms with van der Waals surface area (Å²) in [6.07, 6.45) is 0.588. The highest BCUT2D eigenvalue weighted by molar-refractivity contribution is 6.31. The second-order valence-corrected chi connectivity index (χ2v) is 11.5. The number of benzene rings is 2. The molecule has 1 spiro atoms. The number of carbonyl (C=O) groups is 2. The van der Waals surface area contributed by atoms with E-state index in [9.17, 15) is 22.8 Å². The van der Waals surface area contributed by atoms with Crippen molar-refractivity contribution in [3.63, 3.8) is 0 Å². The van der Waals surface area contributed by atoms with Gasteiger partial charge in [0.05, 0.1) is 11.4 Å². The van der Waals surface area contributed by atoms with E-state index >= 15 is 0 Å². The molecule has 13 heteroatoms. The number of aromatic nitrogens is 1. The van der Waals surface area contributed by atoms with E-state index in [4.69, 9.17) is 16.3 Å². The fourth-order valence-electron chi connectivity index (χ4n) is 5.14. The molecule has 43 heavy (non-hydrogen) atoms. The van der Waals surface area contributed by atoms with Crippen LogP contribution in [0.15, 0.2) is 73.1 Å². The Balaban J connectivity index is 1.37. The molecular formula is C30H29ClF3N5O4. The van der Waals surface area contributed by atoms with Gasteiger partial charge >= 0.3 is 18.5 Å². The predicted octanol–water partition coefficient (Wildman–Crippen LogP) is 7.82. The maximum absolute atomic E-state index is 12.9. The number of para-hydroxylation sites is 2. The van der Waals surface area contributed by atoms with Crippen LogP contribution < -0.4 is 20.3 Å². The summed E-state index contributed by atoms with van der Waals surface area (Å²) < 4.78 is 46.8. The summed E-state index contributed by atoms with van der Waals surface area (Å²) in [6, 6.07) is 13.3. The molecule has 0 aliphatic carbocycles. The average Bonchev–Trinajstić information content (AvgIpc) is 3.23. The maximum atomic E-state index is 12.9. The molecular weight excluding hydrogens is 587 g/mol. The highest BCUT2D eigenvalue weighted by atomic mass is 35.5. The molecule has 3 aromatic rings. The van der Waals surface area contributed by atoms with Gasteiger partial charge in [-0.3, -0.25) is 4.90 Å². The van der Waals surface area contributed by atoms with Gasteiger partial charge < -0.3 is 25.0 Å². The van der Waals surface area contributed by atoms with Crippen molar-refractivity contribution in [1.29, 1.82) is 0 Å². The number of carbonyl (C=O) groups excluding carboxylic acids is 2. The first-order valence-corrected chi connectivity index (χ1v) is 13.8. The molecule has 226 valence electrons. The summed E-state index contributed by atoms with van der Waals surface area (Å²) in [6.45, 7) is 6.30. The molecule has 2 N–H and O–H groups in total. The van der Waals surface area contributed by atoms with Crippen molar-refractivity contribution in [2.45, 2.75) is 44.6 Å². The van der Waals surface area contributed by atoms with Crippen LogP contribution in [-0.2, 0) is 10.2 Å². The summed E-state index contributed by atoms with van der Waals surface area (Å²) in [5.74, 6) is -0.399. The number of nitrogens with zero attached hydrogens (tertiary/aromatic N) is 3. The van der Waals surface area contributed by atoms with Crippen molar-refractivity contribution in [1.82, 2.24) is 9.88 Å². The van der Waals surface area contributed by atoms with Gasteiger partial charge in [0.2, 0.25) is 0 Å². The van der Waals surface area contributed by atoms with Gasteiger partial charge in [-0.05, 0) is 69.7 Å². The fraction of sp³-hybridized carbons (Fsp3) is 0.300. The van der Waals surface area contributed by atoms with Crippen LogP contribution in [0.4, 0.5) is 45.5 Å². The molecule has 2 aliphatic heterocycles. The highest BCUT2D eigenvalue weighted by Gasteiger charge is 2.46. The smallest absolute Gasteiger partial charge is 0.443 e. The first-order valence-electron chi connectivity index (χ1n) is 13.4. The monoisotopic (exact) mass is 615 g/mol. The summed E-state index contributed by atoms with van der Waals surface area (Å²) in [5, 5.41) is 5.79. The molecule has 1 atom stereocenters. The zero-order valence-electron chi connectivity index (χ0n) is 23.5. The van der Waals surface area contributed by atoms with Crippen LogP contribution in [0.1, 0.15) is 32.8 Å². The van der Waals surface area contributed by atoms with Crippen molar-refractivity contribution in [2.24, 2.45) is 0 Å². The number of hydrogen-bond acceptors (Lipinski definition) is 6. The topological polar surface area (TPSA) is 96.0 Å². The Morgan fingerprint density at radius 2 is 1.72 bits per heavy atom. The Morgan fingerprint density at radius 1 is 1.00 bits per heavy atom. The molecule has 3 heterocycles. The predicted molar refractivity (Wildman–Crippen MR) is 157 cm³/mol. The van der Waals surface area contributed by atoms with Crippen molar-refractivity contribution in [3.8, 4) is 5.75 Å². The van der Waals surface area contributed by atoms with E-state index in [-0.39, 0.29) is 5.69 Å². The molecule has 0 saturated heterocycles. The summed E-state index contributed by atoms with van der Waals surface area (Å²) in [4.78, 5) is 33.5. The number of urea groups is 1. The summed E-state index contributed by atoms with van der Waals surface area (Å²) >= 11 is 6.66. The molecule has 5 rings (SSSR count). The van der Waals surface area contributed by atoms with E-state index < -0.39 is 35.3 Å². The number of anilines is 4. The van der Waals surface area contributed by atoms with Gasteiger partial charge in [-0.25, -0.2) is 14.6 Å². The van der Waals surface area contributed by atoms with E-state index in [1.165, 1.54) is 17.0 Å². The Morgan fingerprint density at radius 3 is 2.37 bits per heavy atom. The normalized spacial score (nSPS) is 17.9. The molecule has 0 fully saturated rings. The van der Waals surface area contributed by atoms with E-state index in [2.05, 4.69) is 20.4 Å². The number of fused-ring (bicyclic) bond motifs is 2. The lowest BCUT2D eigenvalue weighted by Gasteiger charge is -2.35. The Bertz CT molecular complexity index is 1560. The molecule has 0 radical (unpaired) electrons. The number of nitrogens with one attached hydrogen (secondary N) is 2. The minimum Gasteiger partial charge on any atom is -0.443 e. The van der Waals surface area contributed by atoms with Crippen LogP contribution in [0.25, 0.3) is 0 Å². The molecule has 2 aliphatic rings. The van der Waals surface area contributed by atoms with Gasteiger partial charge in [-0.2, -0.15) is 0 Å². The van der Waals surface area contributed by atoms with Gasteiger partial charge in [-0.1, -0.05) is 29.8 Å². The minimum absolute atomic E-state index is 0.273. The molecule has 0 bridgehead atoms. The number of pyridine rings is 1. The zero-order chi connectivity index (χ0) is 31.0. The quantitative estimate of drug-likeness (QED) is 0.291. The standard InChI is InChI=1S/C30H29ClF3N5O4/c1-28(2,3)43-27(41)38-16-13-29(14-17-38)18-39(23-12-15-35-25(31)24(23)29)22-7-5-4-6-21(22)37-26(40)36-19-8-10-20(11-9-19)42-30(32,33)34/h4-13,15-16H,14,17-18H2,1-3H3,(H2,36,37,40). The lowest BCUT2D eigenvalue weighted by molar-refractivity contribution is -0.274. The average molecular weight is 616 g/mol. The number of halogens is 4. The summed E-state index contributed by atoms with van der Waals surface area (Å²) in [5.41, 5.74) is 1.89. The SMILES string of the molecule is CC(C)(C)OC(=O)N1C=CC2(CC1)CN(c1ccccc1NC(=O)Nc1ccc(OC(F)(F)F)cc1)c1ccnc(Cl)c12. The highest BCUT2D eigenvalue weighted by Crippen LogP contribution is 2.51. The van der Waals surface area contributed by atoms with Crippen LogP contribution in [0.5, 0.6) is 5.75 Å². The largest absolute Gasteiger partial charge is 0.573 e. The van der Waals surface area contributed by atoms with Crippen molar-refractivity contribution < 1.29 is 32.2 Å². The second-order valence-electron chi connectivity index (χ2n) is 11.1. The van der Waals surface area contributed by atoms with Crippen molar-refractivity contribution >= 4 is 46.5 Å². The van der Waals surface area contributed by atoms with Crippen LogP contribution >= 0.6 is 11.6 Å². The van der Waals surface area contributed by atoms with Gasteiger partial charge in [0.15, 0.2) is 0 Å². The molecule has 9 nitrogen and oxygen atoms in total. The number of amides is 3. The lowest BCUT2D eigenvalue weighted by atomic mass is 9.78. The van der Waals surface area contributed by atoms with Gasteiger partial charge in [0, 0.05) is 47.8 Å².